The number of likely N-dealkylation sites (N-methyl/N-ethyl adjacent to an activating group) is 1. The summed E-state index contributed by atoms with van der Waals surface area (Å²) in [6.45, 7) is 3.55. The van der Waals surface area contributed by atoms with E-state index in [2.05, 4.69) is 23.1 Å². The Morgan fingerprint density at radius 1 is 1.13 bits per heavy atom. The van der Waals surface area contributed by atoms with Crippen molar-refractivity contribution in [1.82, 2.24) is 9.80 Å². The third-order valence-corrected chi connectivity index (χ3v) is 10.9. The molecule has 5 aliphatic rings. The Labute approximate surface area is 239 Å². The third kappa shape index (κ3) is 3.78. The van der Waals surface area contributed by atoms with E-state index in [1.165, 1.54) is 30.9 Å². The van der Waals surface area contributed by atoms with Crippen LogP contribution in [0.5, 0.6) is 5.75 Å². The molecule has 39 heavy (non-hydrogen) atoms. The zero-order valence-electron chi connectivity index (χ0n) is 22.4. The number of likely N-dealkylation sites (tertiary alicyclic amines) is 1. The van der Waals surface area contributed by atoms with E-state index in [-0.39, 0.29) is 36.5 Å². The van der Waals surface area contributed by atoms with Crippen LogP contribution in [0.2, 0.25) is 10.0 Å². The molecule has 3 fully saturated rings. The molecule has 2 aromatic rings. The van der Waals surface area contributed by atoms with Crippen LogP contribution in [0.15, 0.2) is 36.4 Å². The van der Waals surface area contributed by atoms with Gasteiger partial charge in [-0.1, -0.05) is 41.4 Å². The minimum atomic E-state index is -0.666. The van der Waals surface area contributed by atoms with E-state index in [0.717, 1.165) is 43.2 Å². The highest BCUT2D eigenvalue weighted by molar-refractivity contribution is 6.42. The first-order valence-electron chi connectivity index (χ1n) is 14.2. The van der Waals surface area contributed by atoms with Gasteiger partial charge in [-0.3, -0.25) is 14.5 Å². The summed E-state index contributed by atoms with van der Waals surface area (Å²) in [5.41, 5.74) is 2.20. The van der Waals surface area contributed by atoms with Crippen molar-refractivity contribution in [3.8, 4) is 5.75 Å². The van der Waals surface area contributed by atoms with Crippen LogP contribution in [0.25, 0.3) is 0 Å². The summed E-state index contributed by atoms with van der Waals surface area (Å²) in [5, 5.41) is 0.919. The fraction of sp³-hybridized carbons (Fsp3) is 0.548. The molecule has 6 nitrogen and oxygen atoms in total. The first kappa shape index (κ1) is 25.7. The predicted octanol–water partition coefficient (Wildman–Crippen LogP) is 5.20. The van der Waals surface area contributed by atoms with Gasteiger partial charge in [0.1, 0.15) is 17.5 Å². The zero-order chi connectivity index (χ0) is 27.1. The number of halogens is 2. The van der Waals surface area contributed by atoms with Crippen molar-refractivity contribution < 1.29 is 19.1 Å². The number of benzene rings is 2. The molecule has 206 valence electrons. The number of hydrogen-bond acceptors (Lipinski definition) is 5. The Kier molecular flexibility index (Phi) is 6.00. The number of piperidine rings is 1. The molecule has 2 aliphatic heterocycles. The first-order valence-corrected chi connectivity index (χ1v) is 14.9. The molecule has 2 aromatic carbocycles. The Hall–Kier alpha value is -2.28. The van der Waals surface area contributed by atoms with Crippen molar-refractivity contribution >= 4 is 35.1 Å². The topological polar surface area (TPSA) is 59.1 Å². The molecule has 8 heteroatoms. The molecule has 7 rings (SSSR count). The Balaban J connectivity index is 1.28. The quantitative estimate of drug-likeness (QED) is 0.448. The highest BCUT2D eigenvalue weighted by Crippen LogP contribution is 2.66. The van der Waals surface area contributed by atoms with Gasteiger partial charge in [0.05, 0.1) is 34.0 Å². The maximum Gasteiger partial charge on any atom is 0.303 e. The van der Waals surface area contributed by atoms with Crippen LogP contribution in [0.3, 0.4) is 0 Å². The molecular formula is C31H34Cl2N2O4. The third-order valence-electron chi connectivity index (χ3n) is 10.1. The van der Waals surface area contributed by atoms with Gasteiger partial charge in [-0.2, -0.15) is 0 Å². The molecule has 3 aliphatic carbocycles. The van der Waals surface area contributed by atoms with E-state index in [1.807, 2.05) is 18.0 Å². The van der Waals surface area contributed by atoms with Crippen LogP contribution in [0, 0.1) is 5.92 Å². The second-order valence-corrected chi connectivity index (χ2v) is 13.0. The highest BCUT2D eigenvalue weighted by Gasteiger charge is 2.75. The van der Waals surface area contributed by atoms with E-state index >= 15 is 0 Å². The number of carbonyl (C=O) groups excluding carboxylic acids is 2. The number of nitrogens with zero attached hydrogens (tertiary/aromatic N) is 2. The Morgan fingerprint density at radius 3 is 2.69 bits per heavy atom. The summed E-state index contributed by atoms with van der Waals surface area (Å²) in [7, 11) is 1.88. The van der Waals surface area contributed by atoms with Crippen molar-refractivity contribution in [2.45, 2.75) is 81.1 Å². The lowest BCUT2D eigenvalue weighted by molar-refractivity contribution is -0.223. The summed E-state index contributed by atoms with van der Waals surface area (Å²) in [6, 6.07) is 11.7. The van der Waals surface area contributed by atoms with Gasteiger partial charge in [-0.05, 0) is 80.3 Å². The van der Waals surface area contributed by atoms with Crippen LogP contribution in [-0.4, -0.2) is 65.6 Å². The second kappa shape index (κ2) is 9.12. The van der Waals surface area contributed by atoms with Crippen LogP contribution < -0.4 is 4.74 Å². The summed E-state index contributed by atoms with van der Waals surface area (Å²) in [5.74, 6) is 1.41. The van der Waals surface area contributed by atoms with E-state index in [0.29, 0.717) is 22.9 Å². The lowest BCUT2D eigenvalue weighted by Crippen LogP contribution is -2.79. The molecule has 0 radical (unpaired) electrons. The van der Waals surface area contributed by atoms with Crippen LogP contribution >= 0.6 is 23.2 Å². The summed E-state index contributed by atoms with van der Waals surface area (Å²) in [4.78, 5) is 30.9. The fourth-order valence-electron chi connectivity index (χ4n) is 8.39. The summed E-state index contributed by atoms with van der Waals surface area (Å²) >= 11 is 12.3. The summed E-state index contributed by atoms with van der Waals surface area (Å²) in [6.07, 6.45) is 5.65. The number of amides is 1. The van der Waals surface area contributed by atoms with Gasteiger partial charge >= 0.3 is 5.97 Å². The summed E-state index contributed by atoms with van der Waals surface area (Å²) < 4.78 is 13.4. The van der Waals surface area contributed by atoms with Gasteiger partial charge in [0.15, 0.2) is 0 Å². The van der Waals surface area contributed by atoms with Crippen molar-refractivity contribution in [2.24, 2.45) is 5.92 Å². The molecule has 2 saturated carbocycles. The molecule has 0 unspecified atom stereocenters. The average molecular weight is 570 g/mol. The minimum Gasteiger partial charge on any atom is -0.487 e. The smallest absolute Gasteiger partial charge is 0.303 e. The van der Waals surface area contributed by atoms with Gasteiger partial charge in [0.2, 0.25) is 5.91 Å². The average Bonchev–Trinajstić information content (AvgIpc) is 3.65. The largest absolute Gasteiger partial charge is 0.487 e. The molecule has 1 spiro atoms. The number of rotatable bonds is 6. The van der Waals surface area contributed by atoms with E-state index in [4.69, 9.17) is 32.7 Å². The predicted molar refractivity (Wildman–Crippen MR) is 149 cm³/mol. The zero-order valence-corrected chi connectivity index (χ0v) is 23.9. The number of carbonyl (C=O) groups is 2. The van der Waals surface area contributed by atoms with E-state index in [9.17, 15) is 9.59 Å². The van der Waals surface area contributed by atoms with Gasteiger partial charge in [0, 0.05) is 26.1 Å². The number of ether oxygens (including phenoxy) is 2. The number of hydrogen-bond donors (Lipinski definition) is 0. The molecule has 1 saturated heterocycles. The minimum absolute atomic E-state index is 0.00748. The molecule has 2 bridgehead atoms. The maximum absolute atomic E-state index is 13.6. The monoisotopic (exact) mass is 568 g/mol. The van der Waals surface area contributed by atoms with Crippen molar-refractivity contribution in [3.05, 3.63) is 63.1 Å². The lowest BCUT2D eigenvalue weighted by Gasteiger charge is -2.65. The Morgan fingerprint density at radius 2 is 1.95 bits per heavy atom. The molecule has 0 N–H and O–H groups in total. The standard InChI is InChI=1S/C31H34Cl2N2O4/c1-18(36)39-31-11-10-24(34(2)27(37)15-20-8-9-22(32)23(33)14-20)29-30(31)12-13-35(17-19-6-7-19)26(31)16-21-4-3-5-25(38-29)28(21)30/h3-5,8-9,14,19,24,26,29H,6-7,10-13,15-17H2,1-2H3/t24-,26+,29-,30-,31+/m0/s1. The first-order chi connectivity index (χ1) is 18.7. The number of esters is 1. The van der Waals surface area contributed by atoms with Crippen molar-refractivity contribution in [3.63, 3.8) is 0 Å². The van der Waals surface area contributed by atoms with Gasteiger partial charge < -0.3 is 14.4 Å². The van der Waals surface area contributed by atoms with Gasteiger partial charge in [0.25, 0.3) is 0 Å². The second-order valence-electron chi connectivity index (χ2n) is 12.2. The lowest BCUT2D eigenvalue weighted by atomic mass is 9.48. The van der Waals surface area contributed by atoms with Crippen LogP contribution in [0.4, 0.5) is 0 Å². The molecule has 2 heterocycles. The van der Waals surface area contributed by atoms with Crippen molar-refractivity contribution in [2.75, 3.05) is 20.1 Å². The molecular weight excluding hydrogens is 535 g/mol. The maximum atomic E-state index is 13.6. The van der Waals surface area contributed by atoms with Crippen LogP contribution in [0.1, 0.15) is 55.7 Å². The Bertz CT molecular complexity index is 1360. The van der Waals surface area contributed by atoms with Crippen molar-refractivity contribution in [1.29, 1.82) is 0 Å². The SMILES string of the molecule is CC(=O)O[C@@]12CC[C@H](N(C)C(=O)Cc3ccc(Cl)c(Cl)c3)[C@@H]3Oc4cccc5c4[C@@]31CCN(CC1CC1)[C@@H]2C5. The van der Waals surface area contributed by atoms with Gasteiger partial charge in [-0.25, -0.2) is 0 Å². The van der Waals surface area contributed by atoms with Crippen LogP contribution in [-0.2, 0) is 32.6 Å². The molecule has 1 amide bonds. The van der Waals surface area contributed by atoms with Gasteiger partial charge in [-0.15, -0.1) is 0 Å². The molecule has 0 aromatic heterocycles. The molecule has 5 atom stereocenters. The van der Waals surface area contributed by atoms with E-state index < -0.39 is 11.0 Å². The van der Waals surface area contributed by atoms with E-state index in [1.54, 1.807) is 12.1 Å². The fourth-order valence-corrected chi connectivity index (χ4v) is 8.71. The normalized spacial score (nSPS) is 32.3. The highest BCUT2D eigenvalue weighted by atomic mass is 35.5.